The maximum absolute atomic E-state index is 14.0. The van der Waals surface area contributed by atoms with Crippen LogP contribution < -0.4 is 0 Å². The molecule has 0 bridgehead atoms. The van der Waals surface area contributed by atoms with Gasteiger partial charge in [-0.1, -0.05) is 17.7 Å². The first-order valence-corrected chi connectivity index (χ1v) is 9.11. The third-order valence-electron chi connectivity index (χ3n) is 4.28. The molecule has 0 amide bonds. The van der Waals surface area contributed by atoms with E-state index in [1.165, 1.54) is 0 Å². The zero-order valence-electron chi connectivity index (χ0n) is 13.2. The van der Waals surface area contributed by atoms with Gasteiger partial charge in [-0.15, -0.1) is 11.3 Å². The molecule has 25 heavy (non-hydrogen) atoms. The predicted molar refractivity (Wildman–Crippen MR) is 94.5 cm³/mol. The minimum Gasteiger partial charge on any atom is -0.294 e. The van der Waals surface area contributed by atoms with Crippen molar-refractivity contribution in [1.29, 1.82) is 0 Å². The van der Waals surface area contributed by atoms with Gasteiger partial charge in [0, 0.05) is 43.4 Å². The zero-order valence-corrected chi connectivity index (χ0v) is 14.7. The first kappa shape index (κ1) is 16.6. The molecule has 0 saturated carbocycles. The molecule has 0 unspecified atom stereocenters. The molecule has 0 atom stereocenters. The summed E-state index contributed by atoms with van der Waals surface area (Å²) < 4.78 is 27.6. The molecule has 2 aromatic heterocycles. The van der Waals surface area contributed by atoms with E-state index in [1.807, 2.05) is 28.6 Å². The lowest BCUT2D eigenvalue weighted by Gasteiger charge is -2.28. The van der Waals surface area contributed by atoms with Crippen molar-refractivity contribution < 1.29 is 8.78 Å². The summed E-state index contributed by atoms with van der Waals surface area (Å²) in [5, 5.41) is 1.85. The van der Waals surface area contributed by atoms with Crippen LogP contribution in [-0.2, 0) is 19.5 Å². The van der Waals surface area contributed by atoms with E-state index in [0.717, 1.165) is 40.5 Å². The molecule has 128 valence electrons. The molecular weight excluding hydrogens is 364 g/mol. The molecule has 0 spiro atoms. The molecule has 0 radical (unpaired) electrons. The van der Waals surface area contributed by atoms with Crippen molar-refractivity contribution in [3.63, 3.8) is 0 Å². The van der Waals surface area contributed by atoms with Crippen molar-refractivity contribution in [1.82, 2.24) is 14.9 Å². The summed E-state index contributed by atoms with van der Waals surface area (Å²) >= 11 is 7.54. The highest BCUT2D eigenvalue weighted by Gasteiger charge is 2.22. The average Bonchev–Trinajstić information content (AvgIpc) is 3.16. The van der Waals surface area contributed by atoms with Gasteiger partial charge in [-0.2, -0.15) is 0 Å². The van der Waals surface area contributed by atoms with Crippen LogP contribution >= 0.6 is 22.9 Å². The maximum atomic E-state index is 14.0. The fourth-order valence-electron chi connectivity index (χ4n) is 2.97. The summed E-state index contributed by atoms with van der Waals surface area (Å²) in [6.07, 6.45) is 2.57. The summed E-state index contributed by atoms with van der Waals surface area (Å²) in [5.41, 5.74) is 2.22. The molecule has 0 N–H and O–H groups in total. The molecule has 3 aromatic rings. The number of fused-ring (bicyclic) bond motifs is 1. The first-order valence-electron chi connectivity index (χ1n) is 7.85. The topological polar surface area (TPSA) is 29.0 Å². The van der Waals surface area contributed by atoms with Crippen molar-refractivity contribution in [2.24, 2.45) is 0 Å². The lowest BCUT2D eigenvalue weighted by molar-refractivity contribution is 0.239. The van der Waals surface area contributed by atoms with Gasteiger partial charge in [-0.25, -0.2) is 18.7 Å². The summed E-state index contributed by atoms with van der Waals surface area (Å²) in [7, 11) is 0. The summed E-state index contributed by atoms with van der Waals surface area (Å²) in [4.78, 5) is 12.2. The normalized spacial score (nSPS) is 14.5. The third kappa shape index (κ3) is 3.29. The van der Waals surface area contributed by atoms with Crippen LogP contribution in [0.2, 0.25) is 5.02 Å². The van der Waals surface area contributed by atoms with Crippen LogP contribution in [0, 0.1) is 11.6 Å². The van der Waals surface area contributed by atoms with Gasteiger partial charge in [0.2, 0.25) is 0 Å². The highest BCUT2D eigenvalue weighted by atomic mass is 35.5. The standard InChI is InChI=1S/C18H14ClF2N3S/c19-17-12(13(20)3-4-14(17)21)10-24-6-5-15-11(9-24)8-22-18(23-15)16-2-1-7-25-16/h1-4,7-8H,5-6,9-10H2. The van der Waals surface area contributed by atoms with E-state index in [9.17, 15) is 8.78 Å². The van der Waals surface area contributed by atoms with Crippen LogP contribution in [0.4, 0.5) is 8.78 Å². The van der Waals surface area contributed by atoms with Gasteiger partial charge in [-0.05, 0) is 23.6 Å². The van der Waals surface area contributed by atoms with E-state index in [0.29, 0.717) is 13.1 Å². The molecular formula is C18H14ClF2N3S. The van der Waals surface area contributed by atoms with Crippen LogP contribution in [0.15, 0.2) is 35.8 Å². The van der Waals surface area contributed by atoms with Crippen molar-refractivity contribution in [3.8, 4) is 10.7 Å². The molecule has 7 heteroatoms. The van der Waals surface area contributed by atoms with Crippen LogP contribution in [0.25, 0.3) is 10.7 Å². The van der Waals surface area contributed by atoms with Gasteiger partial charge >= 0.3 is 0 Å². The molecule has 0 saturated heterocycles. The summed E-state index contributed by atoms with van der Waals surface area (Å²) in [5.74, 6) is -0.345. The van der Waals surface area contributed by atoms with E-state index >= 15 is 0 Å². The zero-order chi connectivity index (χ0) is 17.4. The predicted octanol–water partition coefficient (Wildman–Crippen LogP) is 4.70. The first-order chi connectivity index (χ1) is 12.1. The number of thiophene rings is 1. The number of rotatable bonds is 3. The number of nitrogens with zero attached hydrogens (tertiary/aromatic N) is 3. The van der Waals surface area contributed by atoms with E-state index in [1.54, 1.807) is 11.3 Å². The molecule has 1 aromatic carbocycles. The lowest BCUT2D eigenvalue weighted by Crippen LogP contribution is -2.31. The third-order valence-corrected chi connectivity index (χ3v) is 5.55. The quantitative estimate of drug-likeness (QED) is 0.620. The van der Waals surface area contributed by atoms with E-state index in [4.69, 9.17) is 11.6 Å². The lowest BCUT2D eigenvalue weighted by atomic mass is 10.1. The maximum Gasteiger partial charge on any atom is 0.169 e. The van der Waals surface area contributed by atoms with Crippen molar-refractivity contribution in [2.75, 3.05) is 6.54 Å². The Balaban J connectivity index is 1.55. The highest BCUT2D eigenvalue weighted by molar-refractivity contribution is 7.13. The smallest absolute Gasteiger partial charge is 0.169 e. The molecule has 0 aliphatic carbocycles. The number of hydrogen-bond acceptors (Lipinski definition) is 4. The molecule has 1 aliphatic heterocycles. The fourth-order valence-corrected chi connectivity index (χ4v) is 3.85. The van der Waals surface area contributed by atoms with Crippen LogP contribution in [0.3, 0.4) is 0 Å². The van der Waals surface area contributed by atoms with Gasteiger partial charge < -0.3 is 0 Å². The Morgan fingerprint density at radius 1 is 1.20 bits per heavy atom. The Morgan fingerprint density at radius 2 is 2.04 bits per heavy atom. The highest BCUT2D eigenvalue weighted by Crippen LogP contribution is 2.28. The molecule has 0 fully saturated rings. The van der Waals surface area contributed by atoms with E-state index in [2.05, 4.69) is 9.97 Å². The summed E-state index contributed by atoms with van der Waals surface area (Å²) in [6, 6.07) is 6.13. The second-order valence-corrected chi connectivity index (χ2v) is 7.25. The van der Waals surface area contributed by atoms with E-state index in [-0.39, 0.29) is 17.1 Å². The Kier molecular flexibility index (Phi) is 4.50. The fraction of sp³-hybridized carbons (Fsp3) is 0.222. The van der Waals surface area contributed by atoms with Crippen LogP contribution in [0.1, 0.15) is 16.8 Å². The van der Waals surface area contributed by atoms with Crippen molar-refractivity contribution >= 4 is 22.9 Å². The van der Waals surface area contributed by atoms with Crippen LogP contribution in [-0.4, -0.2) is 21.4 Å². The Bertz CT molecular complexity index is 915. The van der Waals surface area contributed by atoms with E-state index < -0.39 is 11.6 Å². The second-order valence-electron chi connectivity index (χ2n) is 5.93. The van der Waals surface area contributed by atoms with Gasteiger partial charge in [0.1, 0.15) is 11.6 Å². The number of halogens is 3. The van der Waals surface area contributed by atoms with Gasteiger partial charge in [-0.3, -0.25) is 4.90 Å². The molecule has 3 heterocycles. The van der Waals surface area contributed by atoms with Gasteiger partial charge in [0.15, 0.2) is 5.82 Å². The second kappa shape index (κ2) is 6.78. The van der Waals surface area contributed by atoms with Crippen molar-refractivity contribution in [2.45, 2.75) is 19.5 Å². The Labute approximate surface area is 152 Å². The molecule has 3 nitrogen and oxygen atoms in total. The average molecular weight is 378 g/mol. The number of benzene rings is 1. The van der Waals surface area contributed by atoms with Crippen molar-refractivity contribution in [3.05, 3.63) is 69.3 Å². The Morgan fingerprint density at radius 3 is 2.84 bits per heavy atom. The van der Waals surface area contributed by atoms with Gasteiger partial charge in [0.25, 0.3) is 0 Å². The van der Waals surface area contributed by atoms with Gasteiger partial charge in [0.05, 0.1) is 15.6 Å². The SMILES string of the molecule is Fc1ccc(F)c(CN2CCc3nc(-c4cccs4)ncc3C2)c1Cl. The largest absolute Gasteiger partial charge is 0.294 e. The minimum atomic E-state index is -0.598. The molecule has 4 rings (SSSR count). The Hall–Kier alpha value is -1.89. The number of aromatic nitrogens is 2. The monoisotopic (exact) mass is 377 g/mol. The minimum absolute atomic E-state index is 0.143. The van der Waals surface area contributed by atoms with Crippen LogP contribution in [0.5, 0.6) is 0 Å². The summed E-state index contributed by atoms with van der Waals surface area (Å²) in [6.45, 7) is 1.56. The molecule has 1 aliphatic rings. The number of hydrogen-bond donors (Lipinski definition) is 0.